The van der Waals surface area contributed by atoms with Crippen LogP contribution in [-0.2, 0) is 31.3 Å². The zero-order valence-electron chi connectivity index (χ0n) is 15.7. The molecule has 1 fully saturated rings. The molecule has 29 heavy (non-hydrogen) atoms. The summed E-state index contributed by atoms with van der Waals surface area (Å²) < 4.78 is 23.8. The smallest absolute Gasteiger partial charge is 0.543 e. The van der Waals surface area contributed by atoms with Gasteiger partial charge in [0, 0.05) is 24.8 Å². The number of carbonyl (C=O) groups is 3. The third-order valence-electron chi connectivity index (χ3n) is 3.91. The van der Waals surface area contributed by atoms with Gasteiger partial charge in [-0.25, -0.2) is 13.1 Å². The number of amides is 2. The van der Waals surface area contributed by atoms with Crippen molar-refractivity contribution in [3.05, 3.63) is 11.3 Å². The first-order valence-corrected chi connectivity index (χ1v) is 11.9. The van der Waals surface area contributed by atoms with Gasteiger partial charge in [-0.15, -0.1) is 16.9 Å². The standard InChI is InChI=1S/C13H16N6O6S3.Na/c1-18-13(15-16-17-18)27-4-6-3-26-11-8(14-7(20)5-28(2,24)25)10(21)19(11)9(6)12(22)23;/h8,11H,3-5H2,1-2H3,(H,14,20)(H,22,23);/q;+1/p-1/t8?,11-;/m1./s1. The van der Waals surface area contributed by atoms with E-state index in [4.69, 9.17) is 0 Å². The van der Waals surface area contributed by atoms with Crippen LogP contribution in [0.3, 0.4) is 0 Å². The van der Waals surface area contributed by atoms with Crippen molar-refractivity contribution in [3.63, 3.8) is 0 Å². The van der Waals surface area contributed by atoms with Crippen molar-refractivity contribution in [1.82, 2.24) is 30.4 Å². The molecule has 152 valence electrons. The third kappa shape index (κ3) is 5.32. The number of carboxylic acids is 1. The fraction of sp³-hybridized carbons (Fsp3) is 0.538. The summed E-state index contributed by atoms with van der Waals surface area (Å²) >= 11 is 2.49. The van der Waals surface area contributed by atoms with Crippen LogP contribution in [0.25, 0.3) is 0 Å². The number of aromatic nitrogens is 4. The minimum atomic E-state index is -3.54. The second-order valence-corrected chi connectivity index (χ2v) is 10.3. The molecule has 2 aliphatic heterocycles. The summed E-state index contributed by atoms with van der Waals surface area (Å²) in [4.78, 5) is 36.9. The molecule has 2 aliphatic rings. The zero-order valence-corrected chi connectivity index (χ0v) is 20.1. The molecule has 3 heterocycles. The van der Waals surface area contributed by atoms with Crippen LogP contribution in [0.2, 0.25) is 0 Å². The van der Waals surface area contributed by atoms with Gasteiger partial charge in [0.25, 0.3) is 5.91 Å². The van der Waals surface area contributed by atoms with Gasteiger partial charge < -0.3 is 15.2 Å². The zero-order chi connectivity index (χ0) is 20.6. The first-order chi connectivity index (χ1) is 13.1. The number of aliphatic carboxylic acids is 1. The van der Waals surface area contributed by atoms with Gasteiger partial charge in [-0.3, -0.25) is 14.5 Å². The molecule has 0 radical (unpaired) electrons. The summed E-state index contributed by atoms with van der Waals surface area (Å²) in [6, 6.07) is -0.981. The summed E-state index contributed by atoms with van der Waals surface area (Å²) in [5.41, 5.74) is 0.244. The van der Waals surface area contributed by atoms with E-state index in [1.165, 1.54) is 28.2 Å². The molecule has 1 aromatic rings. The van der Waals surface area contributed by atoms with E-state index in [2.05, 4.69) is 20.8 Å². The van der Waals surface area contributed by atoms with E-state index in [1.54, 1.807) is 7.05 Å². The maximum absolute atomic E-state index is 12.4. The predicted octanol–water partition coefficient (Wildman–Crippen LogP) is -6.25. The van der Waals surface area contributed by atoms with Crippen molar-refractivity contribution in [2.45, 2.75) is 16.6 Å². The minimum Gasteiger partial charge on any atom is -0.543 e. The second-order valence-electron chi connectivity index (χ2n) is 6.14. The molecule has 1 saturated heterocycles. The number of sulfone groups is 1. The van der Waals surface area contributed by atoms with E-state index in [9.17, 15) is 27.9 Å². The summed E-state index contributed by atoms with van der Waals surface area (Å²) in [5, 5.41) is 24.8. The Balaban J connectivity index is 0.00000300. The van der Waals surface area contributed by atoms with Crippen LogP contribution in [0.1, 0.15) is 0 Å². The molecule has 3 rings (SSSR count). The Morgan fingerprint density at radius 3 is 2.66 bits per heavy atom. The van der Waals surface area contributed by atoms with Gasteiger partial charge in [0.05, 0.1) is 11.7 Å². The summed E-state index contributed by atoms with van der Waals surface area (Å²) in [5.74, 6) is -3.13. The Labute approximate surface area is 196 Å². The number of aryl methyl sites for hydroxylation is 1. The summed E-state index contributed by atoms with van der Waals surface area (Å²) in [6.45, 7) is 0. The van der Waals surface area contributed by atoms with Gasteiger partial charge in [0.1, 0.15) is 17.2 Å². The van der Waals surface area contributed by atoms with Crippen LogP contribution >= 0.6 is 23.5 Å². The second kappa shape index (κ2) is 9.34. The van der Waals surface area contributed by atoms with Crippen molar-refractivity contribution in [2.24, 2.45) is 7.05 Å². The molecule has 2 atom stereocenters. The maximum Gasteiger partial charge on any atom is 1.00 e. The van der Waals surface area contributed by atoms with E-state index in [0.29, 0.717) is 16.5 Å². The van der Waals surface area contributed by atoms with Gasteiger partial charge in [-0.1, -0.05) is 11.8 Å². The number of nitrogens with zero attached hydrogens (tertiary/aromatic N) is 5. The first kappa shape index (κ1) is 24.1. The topological polar surface area (TPSA) is 167 Å². The molecule has 1 aromatic heterocycles. The van der Waals surface area contributed by atoms with Crippen molar-refractivity contribution in [2.75, 3.05) is 23.5 Å². The van der Waals surface area contributed by atoms with Gasteiger partial charge >= 0.3 is 29.6 Å². The SMILES string of the molecule is Cn1nnnc1SCC1=C(C(=O)[O-])N2C(=O)C(NC(=O)CS(C)(=O)=O)[C@H]2SC1.[Na+]. The Kier molecular flexibility index (Phi) is 7.78. The number of β-lactam (4-membered cyclic amide) rings is 1. The van der Waals surface area contributed by atoms with Crippen LogP contribution in [0, 0.1) is 0 Å². The number of rotatable bonds is 7. The van der Waals surface area contributed by atoms with E-state index in [1.807, 2.05) is 0 Å². The van der Waals surface area contributed by atoms with E-state index in [0.717, 1.165) is 11.2 Å². The molecule has 2 amide bonds. The van der Waals surface area contributed by atoms with Crippen molar-refractivity contribution >= 4 is 51.1 Å². The molecule has 0 spiro atoms. The maximum atomic E-state index is 12.4. The predicted molar refractivity (Wildman–Crippen MR) is 96.3 cm³/mol. The molecule has 0 bridgehead atoms. The monoisotopic (exact) mass is 470 g/mol. The molecule has 0 aliphatic carbocycles. The largest absolute Gasteiger partial charge is 1.00 e. The number of carbonyl (C=O) groups excluding carboxylic acids is 3. The number of nitrogens with one attached hydrogen (secondary N) is 1. The quantitative estimate of drug-likeness (QED) is 0.229. The normalized spacial score (nSPS) is 21.2. The van der Waals surface area contributed by atoms with Crippen LogP contribution in [0.4, 0.5) is 0 Å². The Hall–Kier alpha value is -1.13. The number of hydrogen-bond acceptors (Lipinski definition) is 11. The first-order valence-electron chi connectivity index (χ1n) is 7.79. The average Bonchev–Trinajstić information content (AvgIpc) is 3.00. The van der Waals surface area contributed by atoms with Gasteiger partial charge in [0.15, 0.2) is 9.84 Å². The third-order valence-corrected chi connectivity index (χ3v) is 7.13. The number of tetrazole rings is 1. The Morgan fingerprint density at radius 2 is 2.10 bits per heavy atom. The average molecular weight is 470 g/mol. The van der Waals surface area contributed by atoms with Crippen LogP contribution in [0.5, 0.6) is 0 Å². The van der Waals surface area contributed by atoms with Crippen LogP contribution in [-0.4, -0.2) is 86.2 Å². The number of hydrogen-bond donors (Lipinski definition) is 1. The molecule has 0 saturated carbocycles. The fourth-order valence-electron chi connectivity index (χ4n) is 2.73. The number of carboxylic acid groups (broad SMARTS) is 1. The molecular formula is C13H15N6NaO6S3. The van der Waals surface area contributed by atoms with E-state index in [-0.39, 0.29) is 41.0 Å². The van der Waals surface area contributed by atoms with Crippen LogP contribution in [0.15, 0.2) is 16.4 Å². The molecule has 1 unspecified atom stereocenters. The van der Waals surface area contributed by atoms with E-state index >= 15 is 0 Å². The summed E-state index contributed by atoms with van der Waals surface area (Å²) in [7, 11) is -1.90. The van der Waals surface area contributed by atoms with Crippen molar-refractivity contribution in [3.8, 4) is 0 Å². The fourth-order valence-corrected chi connectivity index (χ4v) is 5.63. The van der Waals surface area contributed by atoms with Crippen molar-refractivity contribution in [1.29, 1.82) is 0 Å². The van der Waals surface area contributed by atoms with E-state index < -0.39 is 44.8 Å². The van der Waals surface area contributed by atoms with Gasteiger partial charge in [-0.2, -0.15) is 0 Å². The minimum absolute atomic E-state index is 0. The number of thioether (sulfide) groups is 2. The molecule has 1 N–H and O–H groups in total. The molecular weight excluding hydrogens is 455 g/mol. The molecule has 12 nitrogen and oxygen atoms in total. The summed E-state index contributed by atoms with van der Waals surface area (Å²) in [6.07, 6.45) is 0.907. The molecule has 16 heteroatoms. The number of fused-ring (bicyclic) bond motifs is 1. The van der Waals surface area contributed by atoms with Crippen LogP contribution < -0.4 is 40.0 Å². The Bertz CT molecular complexity index is 979. The van der Waals surface area contributed by atoms with Crippen molar-refractivity contribution < 1.29 is 57.5 Å². The van der Waals surface area contributed by atoms with Gasteiger partial charge in [0.2, 0.25) is 11.1 Å². The molecule has 0 aromatic carbocycles. The Morgan fingerprint density at radius 1 is 1.41 bits per heavy atom. The van der Waals surface area contributed by atoms with Gasteiger partial charge in [-0.05, 0) is 16.0 Å².